The van der Waals surface area contributed by atoms with Gasteiger partial charge in [0.05, 0.1) is 18.5 Å². The second-order valence-corrected chi connectivity index (χ2v) is 5.64. The third-order valence-corrected chi connectivity index (χ3v) is 3.56. The largest absolute Gasteiger partial charge is 0.489 e. The Balaban J connectivity index is 2.55. The van der Waals surface area contributed by atoms with Crippen LogP contribution in [0.5, 0.6) is 5.75 Å². The number of halogens is 1. The highest BCUT2D eigenvalue weighted by atomic mass is 35.5. The number of hydrogen-bond acceptors (Lipinski definition) is 3. The van der Waals surface area contributed by atoms with Crippen molar-refractivity contribution in [3.05, 3.63) is 23.2 Å². The van der Waals surface area contributed by atoms with Crippen molar-refractivity contribution in [1.82, 2.24) is 0 Å². The highest BCUT2D eigenvalue weighted by Crippen LogP contribution is 2.35. The van der Waals surface area contributed by atoms with Gasteiger partial charge in [0.15, 0.2) is 0 Å². The van der Waals surface area contributed by atoms with Gasteiger partial charge in [-0.25, -0.2) is 8.42 Å². The lowest BCUT2D eigenvalue weighted by molar-refractivity contribution is 0.316. The van der Waals surface area contributed by atoms with Crippen LogP contribution in [0.15, 0.2) is 18.2 Å². The zero-order chi connectivity index (χ0) is 11.1. The molecule has 0 spiro atoms. The molecule has 15 heavy (non-hydrogen) atoms. The van der Waals surface area contributed by atoms with E-state index in [1.807, 2.05) is 0 Å². The van der Waals surface area contributed by atoms with Crippen LogP contribution in [0.25, 0.3) is 0 Å². The molecule has 0 saturated heterocycles. The summed E-state index contributed by atoms with van der Waals surface area (Å²) in [7, 11) is -3.26. The Labute approximate surface area is 93.5 Å². The van der Waals surface area contributed by atoms with Gasteiger partial charge >= 0.3 is 0 Å². The van der Waals surface area contributed by atoms with E-state index in [0.717, 1.165) is 0 Å². The van der Waals surface area contributed by atoms with Crippen LogP contribution in [0.4, 0.5) is 5.69 Å². The smallest absolute Gasteiger partial charge is 0.232 e. The van der Waals surface area contributed by atoms with Crippen LogP contribution >= 0.6 is 11.6 Å². The molecule has 0 amide bonds. The van der Waals surface area contributed by atoms with Gasteiger partial charge in [-0.3, -0.25) is 4.31 Å². The molecule has 0 fully saturated rings. The zero-order valence-electron chi connectivity index (χ0n) is 8.10. The SMILES string of the molecule is CS(=O)(=O)N1CCOc2ccc(Cl)cc21. The fourth-order valence-corrected chi connectivity index (χ4v) is 2.58. The lowest BCUT2D eigenvalue weighted by Gasteiger charge is -2.29. The van der Waals surface area contributed by atoms with Crippen molar-refractivity contribution in [3.8, 4) is 5.75 Å². The molecule has 0 atom stereocenters. The number of fused-ring (bicyclic) bond motifs is 1. The number of hydrogen-bond donors (Lipinski definition) is 0. The average Bonchev–Trinajstić information content (AvgIpc) is 2.15. The molecule has 82 valence electrons. The molecule has 0 bridgehead atoms. The van der Waals surface area contributed by atoms with Gasteiger partial charge < -0.3 is 4.74 Å². The minimum atomic E-state index is -3.26. The van der Waals surface area contributed by atoms with Crippen molar-refractivity contribution in [2.75, 3.05) is 23.7 Å². The summed E-state index contributed by atoms with van der Waals surface area (Å²) in [5.41, 5.74) is 0.510. The fourth-order valence-electron chi connectivity index (χ4n) is 1.51. The quantitative estimate of drug-likeness (QED) is 0.756. The van der Waals surface area contributed by atoms with Crippen molar-refractivity contribution in [2.45, 2.75) is 0 Å². The van der Waals surface area contributed by atoms with E-state index in [1.165, 1.54) is 10.6 Å². The van der Waals surface area contributed by atoms with Crippen LogP contribution in [0, 0.1) is 0 Å². The highest BCUT2D eigenvalue weighted by molar-refractivity contribution is 7.92. The summed E-state index contributed by atoms with van der Waals surface area (Å²) in [6.45, 7) is 0.688. The Kier molecular flexibility index (Phi) is 2.52. The normalized spacial score (nSPS) is 15.7. The van der Waals surface area contributed by atoms with Gasteiger partial charge in [0.2, 0.25) is 10.0 Å². The molecule has 4 nitrogen and oxygen atoms in total. The summed E-state index contributed by atoms with van der Waals surface area (Å²) in [6.07, 6.45) is 1.17. The number of sulfonamides is 1. The Morgan fingerprint density at radius 3 is 2.87 bits per heavy atom. The minimum absolute atomic E-state index is 0.326. The molecule has 1 aromatic rings. The topological polar surface area (TPSA) is 46.6 Å². The van der Waals surface area contributed by atoms with Crippen LogP contribution in [0.2, 0.25) is 5.02 Å². The van der Waals surface area contributed by atoms with E-state index in [2.05, 4.69) is 0 Å². The van der Waals surface area contributed by atoms with Crippen molar-refractivity contribution in [3.63, 3.8) is 0 Å². The van der Waals surface area contributed by atoms with Gasteiger partial charge in [-0.1, -0.05) is 11.6 Å². The van der Waals surface area contributed by atoms with E-state index < -0.39 is 10.0 Å². The van der Waals surface area contributed by atoms with Crippen LogP contribution in [-0.2, 0) is 10.0 Å². The van der Waals surface area contributed by atoms with E-state index in [4.69, 9.17) is 16.3 Å². The van der Waals surface area contributed by atoms with E-state index in [9.17, 15) is 8.42 Å². The van der Waals surface area contributed by atoms with E-state index >= 15 is 0 Å². The molecular weight excluding hydrogens is 238 g/mol. The van der Waals surface area contributed by atoms with Gasteiger partial charge in [0.25, 0.3) is 0 Å². The summed E-state index contributed by atoms with van der Waals surface area (Å²) in [5, 5.41) is 0.493. The highest BCUT2D eigenvalue weighted by Gasteiger charge is 2.25. The second-order valence-electron chi connectivity index (χ2n) is 3.30. The predicted molar refractivity (Wildman–Crippen MR) is 59.1 cm³/mol. The van der Waals surface area contributed by atoms with Crippen molar-refractivity contribution >= 4 is 27.3 Å². The second kappa shape index (κ2) is 3.57. The van der Waals surface area contributed by atoms with E-state index in [0.29, 0.717) is 29.6 Å². The molecule has 1 aromatic carbocycles. The Hall–Kier alpha value is -0.940. The molecule has 2 rings (SSSR count). The van der Waals surface area contributed by atoms with Gasteiger partial charge in [-0.2, -0.15) is 0 Å². The van der Waals surface area contributed by atoms with Crippen LogP contribution in [-0.4, -0.2) is 27.8 Å². The van der Waals surface area contributed by atoms with E-state index in [1.54, 1.807) is 18.2 Å². The van der Waals surface area contributed by atoms with Crippen LogP contribution in [0.1, 0.15) is 0 Å². The number of nitrogens with zero attached hydrogens (tertiary/aromatic N) is 1. The maximum absolute atomic E-state index is 11.5. The minimum Gasteiger partial charge on any atom is -0.489 e. The van der Waals surface area contributed by atoms with Gasteiger partial charge in [-0.05, 0) is 18.2 Å². The number of rotatable bonds is 1. The first-order chi connectivity index (χ1) is 6.98. The molecule has 0 unspecified atom stereocenters. The molecule has 1 heterocycles. The predicted octanol–water partition coefficient (Wildman–Crippen LogP) is 1.50. The zero-order valence-corrected chi connectivity index (χ0v) is 9.68. The molecule has 6 heteroatoms. The fraction of sp³-hybridized carbons (Fsp3) is 0.333. The monoisotopic (exact) mass is 247 g/mol. The average molecular weight is 248 g/mol. The first-order valence-electron chi connectivity index (χ1n) is 4.38. The lowest BCUT2D eigenvalue weighted by Crippen LogP contribution is -2.37. The third kappa shape index (κ3) is 2.03. The number of benzene rings is 1. The molecular formula is C9H10ClNO3S. The summed E-state index contributed by atoms with van der Waals surface area (Å²) in [6, 6.07) is 4.94. The molecule has 0 saturated carbocycles. The molecule has 1 aliphatic rings. The van der Waals surface area contributed by atoms with Gasteiger partial charge in [0, 0.05) is 5.02 Å². The molecule has 0 aliphatic carbocycles. The maximum atomic E-state index is 11.5. The summed E-state index contributed by atoms with van der Waals surface area (Å²) < 4.78 is 29.6. The summed E-state index contributed by atoms with van der Waals surface area (Å²) >= 11 is 5.82. The van der Waals surface area contributed by atoms with Gasteiger partial charge in [-0.15, -0.1) is 0 Å². The Bertz CT molecular complexity index is 486. The molecule has 0 radical (unpaired) electrons. The number of anilines is 1. The Morgan fingerprint density at radius 1 is 1.47 bits per heavy atom. The molecule has 0 N–H and O–H groups in total. The summed E-state index contributed by atoms with van der Waals surface area (Å²) in [4.78, 5) is 0. The van der Waals surface area contributed by atoms with Crippen molar-refractivity contribution in [1.29, 1.82) is 0 Å². The first kappa shape index (κ1) is 10.6. The molecule has 0 aromatic heterocycles. The number of ether oxygens (including phenoxy) is 1. The maximum Gasteiger partial charge on any atom is 0.232 e. The van der Waals surface area contributed by atoms with Crippen LogP contribution in [0.3, 0.4) is 0 Å². The van der Waals surface area contributed by atoms with E-state index in [-0.39, 0.29) is 0 Å². The Morgan fingerprint density at radius 2 is 2.20 bits per heavy atom. The van der Waals surface area contributed by atoms with Gasteiger partial charge in [0.1, 0.15) is 12.4 Å². The molecule has 1 aliphatic heterocycles. The third-order valence-electron chi connectivity index (χ3n) is 2.14. The standard InChI is InChI=1S/C9H10ClNO3S/c1-15(12,13)11-4-5-14-9-3-2-7(10)6-8(9)11/h2-3,6H,4-5H2,1H3. The van der Waals surface area contributed by atoms with Crippen molar-refractivity contribution < 1.29 is 13.2 Å². The van der Waals surface area contributed by atoms with Crippen molar-refractivity contribution in [2.24, 2.45) is 0 Å². The van der Waals surface area contributed by atoms with Crippen LogP contribution < -0.4 is 9.04 Å². The first-order valence-corrected chi connectivity index (χ1v) is 6.61. The lowest BCUT2D eigenvalue weighted by atomic mass is 10.2. The summed E-state index contributed by atoms with van der Waals surface area (Å²) in [5.74, 6) is 0.552.